The van der Waals surface area contributed by atoms with E-state index in [0.29, 0.717) is 29.6 Å². The van der Waals surface area contributed by atoms with Crippen LogP contribution in [0.2, 0.25) is 0 Å². The normalized spacial score (nSPS) is 10.4. The molecule has 0 saturated heterocycles. The number of benzene rings is 1. The first-order valence-corrected chi connectivity index (χ1v) is 6.34. The minimum Gasteiger partial charge on any atom is -0.480 e. The van der Waals surface area contributed by atoms with E-state index >= 15 is 0 Å². The number of nitrogens with zero attached hydrogens (tertiary/aromatic N) is 3. The molecule has 104 valence electrons. The molecule has 2 aromatic rings. The zero-order valence-corrected chi connectivity index (χ0v) is 11.1. The molecule has 0 spiro atoms. The first-order chi connectivity index (χ1) is 9.63. The van der Waals surface area contributed by atoms with Crippen molar-refractivity contribution in [1.82, 2.24) is 14.9 Å². The van der Waals surface area contributed by atoms with Crippen LogP contribution in [-0.4, -0.2) is 44.9 Å². The lowest BCUT2D eigenvalue weighted by Crippen LogP contribution is -2.36. The Balaban J connectivity index is 2.40. The van der Waals surface area contributed by atoms with Crippen molar-refractivity contribution in [1.29, 1.82) is 0 Å². The highest BCUT2D eigenvalue weighted by atomic mass is 16.4. The third kappa shape index (κ3) is 2.90. The van der Waals surface area contributed by atoms with Crippen molar-refractivity contribution >= 4 is 22.9 Å². The van der Waals surface area contributed by atoms with Gasteiger partial charge in [-0.05, 0) is 18.6 Å². The molecule has 6 nitrogen and oxygen atoms in total. The van der Waals surface area contributed by atoms with E-state index in [4.69, 9.17) is 5.11 Å². The first-order valence-electron chi connectivity index (χ1n) is 6.34. The highest BCUT2D eigenvalue weighted by Gasteiger charge is 2.20. The summed E-state index contributed by atoms with van der Waals surface area (Å²) in [5.41, 5.74) is 1.49. The third-order valence-corrected chi connectivity index (χ3v) is 2.84. The largest absolute Gasteiger partial charge is 0.480 e. The molecule has 0 radical (unpaired) electrons. The van der Waals surface area contributed by atoms with Gasteiger partial charge in [-0.25, -0.2) is 0 Å². The van der Waals surface area contributed by atoms with Crippen LogP contribution in [0.1, 0.15) is 23.7 Å². The van der Waals surface area contributed by atoms with Crippen LogP contribution in [0.3, 0.4) is 0 Å². The fourth-order valence-corrected chi connectivity index (χ4v) is 2.02. The van der Waals surface area contributed by atoms with Gasteiger partial charge >= 0.3 is 5.97 Å². The smallest absolute Gasteiger partial charge is 0.323 e. The summed E-state index contributed by atoms with van der Waals surface area (Å²) in [7, 11) is 0. The number of carboxylic acid groups (broad SMARTS) is 1. The zero-order chi connectivity index (χ0) is 14.5. The molecule has 1 amide bonds. The Morgan fingerprint density at radius 1 is 1.25 bits per heavy atom. The van der Waals surface area contributed by atoms with Crippen LogP contribution in [0.4, 0.5) is 0 Å². The number of hydrogen-bond acceptors (Lipinski definition) is 4. The van der Waals surface area contributed by atoms with Gasteiger partial charge in [0, 0.05) is 18.9 Å². The Hall–Kier alpha value is -2.50. The van der Waals surface area contributed by atoms with Gasteiger partial charge in [0.15, 0.2) is 0 Å². The van der Waals surface area contributed by atoms with Crippen LogP contribution in [0.5, 0.6) is 0 Å². The van der Waals surface area contributed by atoms with E-state index in [9.17, 15) is 9.59 Å². The Kier molecular flexibility index (Phi) is 4.24. The van der Waals surface area contributed by atoms with Crippen LogP contribution in [0.15, 0.2) is 30.6 Å². The van der Waals surface area contributed by atoms with Crippen LogP contribution in [-0.2, 0) is 4.79 Å². The standard InChI is InChI=1S/C14H15N3O3/c1-2-8-17(9-12(18)19)14(20)10-4-3-5-11-13(10)16-7-6-15-11/h3-7H,2,8-9H2,1H3,(H,18,19). The number of fused-ring (bicyclic) bond motifs is 1. The van der Waals surface area contributed by atoms with Gasteiger partial charge in [0.2, 0.25) is 0 Å². The second-order valence-electron chi connectivity index (χ2n) is 4.35. The summed E-state index contributed by atoms with van der Waals surface area (Å²) in [6, 6.07) is 5.12. The van der Waals surface area contributed by atoms with Crippen LogP contribution >= 0.6 is 0 Å². The Morgan fingerprint density at radius 2 is 2.00 bits per heavy atom. The van der Waals surface area contributed by atoms with E-state index in [1.54, 1.807) is 24.4 Å². The molecule has 0 atom stereocenters. The summed E-state index contributed by atoms with van der Waals surface area (Å²) in [5.74, 6) is -1.36. The molecule has 1 aromatic heterocycles. The number of amides is 1. The van der Waals surface area contributed by atoms with Crippen molar-refractivity contribution in [3.05, 3.63) is 36.2 Å². The second kappa shape index (κ2) is 6.10. The van der Waals surface area contributed by atoms with Crippen LogP contribution in [0.25, 0.3) is 11.0 Å². The quantitative estimate of drug-likeness (QED) is 0.894. The fourth-order valence-electron chi connectivity index (χ4n) is 2.02. The van der Waals surface area contributed by atoms with E-state index in [2.05, 4.69) is 9.97 Å². The van der Waals surface area contributed by atoms with Crippen LogP contribution in [0, 0.1) is 0 Å². The predicted molar refractivity (Wildman–Crippen MR) is 73.4 cm³/mol. The Bertz CT molecular complexity index is 637. The van der Waals surface area contributed by atoms with Crippen molar-refractivity contribution < 1.29 is 14.7 Å². The van der Waals surface area contributed by atoms with Crippen molar-refractivity contribution in [2.45, 2.75) is 13.3 Å². The van der Waals surface area contributed by atoms with Gasteiger partial charge in [0.05, 0.1) is 11.1 Å². The molecule has 1 aromatic carbocycles. The molecule has 0 unspecified atom stereocenters. The van der Waals surface area contributed by atoms with E-state index in [1.165, 1.54) is 11.1 Å². The molecule has 0 aliphatic rings. The van der Waals surface area contributed by atoms with Gasteiger partial charge < -0.3 is 10.0 Å². The number of aliphatic carboxylic acids is 1. The molecule has 2 rings (SSSR count). The van der Waals surface area contributed by atoms with Crippen molar-refractivity contribution in [2.75, 3.05) is 13.1 Å². The van der Waals surface area contributed by atoms with Gasteiger partial charge in [-0.3, -0.25) is 19.6 Å². The van der Waals surface area contributed by atoms with Crippen molar-refractivity contribution in [3.8, 4) is 0 Å². The summed E-state index contributed by atoms with van der Waals surface area (Å²) in [6.45, 7) is 1.97. The lowest BCUT2D eigenvalue weighted by atomic mass is 10.1. The highest BCUT2D eigenvalue weighted by Crippen LogP contribution is 2.16. The molecule has 0 saturated carbocycles. The summed E-state index contributed by atoms with van der Waals surface area (Å²) < 4.78 is 0. The topological polar surface area (TPSA) is 83.4 Å². The molecule has 20 heavy (non-hydrogen) atoms. The molecule has 0 aliphatic heterocycles. The van der Waals surface area contributed by atoms with Crippen molar-refractivity contribution in [3.63, 3.8) is 0 Å². The maximum absolute atomic E-state index is 12.5. The number of carbonyl (C=O) groups excluding carboxylic acids is 1. The zero-order valence-electron chi connectivity index (χ0n) is 11.1. The summed E-state index contributed by atoms with van der Waals surface area (Å²) in [5, 5.41) is 8.90. The summed E-state index contributed by atoms with van der Waals surface area (Å²) in [6.07, 6.45) is 3.76. The van der Waals surface area contributed by atoms with Gasteiger partial charge in [0.1, 0.15) is 12.1 Å². The van der Waals surface area contributed by atoms with E-state index < -0.39 is 5.97 Å². The van der Waals surface area contributed by atoms with Gasteiger partial charge in [-0.1, -0.05) is 13.0 Å². The maximum atomic E-state index is 12.5. The molecule has 0 aliphatic carbocycles. The average molecular weight is 273 g/mol. The Morgan fingerprint density at radius 3 is 2.70 bits per heavy atom. The van der Waals surface area contributed by atoms with E-state index in [-0.39, 0.29) is 12.5 Å². The molecule has 0 bridgehead atoms. The second-order valence-corrected chi connectivity index (χ2v) is 4.35. The van der Waals surface area contributed by atoms with Gasteiger partial charge in [-0.15, -0.1) is 0 Å². The fraction of sp³-hybridized carbons (Fsp3) is 0.286. The molecule has 6 heteroatoms. The number of carbonyl (C=O) groups is 2. The molecule has 0 fully saturated rings. The third-order valence-electron chi connectivity index (χ3n) is 2.84. The summed E-state index contributed by atoms with van der Waals surface area (Å²) >= 11 is 0. The lowest BCUT2D eigenvalue weighted by molar-refractivity contribution is -0.137. The minimum absolute atomic E-state index is 0.316. The molecule has 1 N–H and O–H groups in total. The SMILES string of the molecule is CCCN(CC(=O)O)C(=O)c1cccc2nccnc12. The van der Waals surface area contributed by atoms with Crippen LogP contribution < -0.4 is 0 Å². The van der Waals surface area contributed by atoms with E-state index in [0.717, 1.165) is 0 Å². The molecular formula is C14H15N3O3. The van der Waals surface area contributed by atoms with Crippen molar-refractivity contribution in [2.24, 2.45) is 0 Å². The highest BCUT2D eigenvalue weighted by molar-refractivity contribution is 6.05. The maximum Gasteiger partial charge on any atom is 0.323 e. The van der Waals surface area contributed by atoms with Gasteiger partial charge in [-0.2, -0.15) is 0 Å². The summed E-state index contributed by atoms with van der Waals surface area (Å²) in [4.78, 5) is 33.0. The number of para-hydroxylation sites is 1. The minimum atomic E-state index is -1.03. The Labute approximate surface area is 116 Å². The van der Waals surface area contributed by atoms with E-state index in [1.807, 2.05) is 6.92 Å². The average Bonchev–Trinajstić information content (AvgIpc) is 2.45. The number of carboxylic acids is 1. The lowest BCUT2D eigenvalue weighted by Gasteiger charge is -2.20. The number of rotatable bonds is 5. The predicted octanol–water partition coefficient (Wildman–Crippen LogP) is 1.57. The molecular weight excluding hydrogens is 258 g/mol. The monoisotopic (exact) mass is 273 g/mol. The van der Waals surface area contributed by atoms with Gasteiger partial charge in [0.25, 0.3) is 5.91 Å². The number of hydrogen-bond donors (Lipinski definition) is 1. The first kappa shape index (κ1) is 13.9. The molecule has 1 heterocycles. The number of aromatic nitrogens is 2.